The third kappa shape index (κ3) is 8.17. The van der Waals surface area contributed by atoms with Crippen molar-refractivity contribution in [3.8, 4) is 0 Å². The van der Waals surface area contributed by atoms with Gasteiger partial charge in [0.15, 0.2) is 0 Å². The summed E-state index contributed by atoms with van der Waals surface area (Å²) in [4.78, 5) is 25.5. The van der Waals surface area contributed by atoms with Gasteiger partial charge in [-0.05, 0) is 34.1 Å². The minimum absolute atomic E-state index is 0.214. The van der Waals surface area contributed by atoms with E-state index in [1.807, 2.05) is 0 Å². The molecule has 0 fully saturated rings. The molecule has 0 saturated carbocycles. The second kappa shape index (κ2) is 9.21. The molecule has 0 bridgehead atoms. The van der Waals surface area contributed by atoms with Gasteiger partial charge < -0.3 is 14.4 Å². The highest BCUT2D eigenvalue weighted by atomic mass is 16.6. The Balaban J connectivity index is 4.91. The van der Waals surface area contributed by atoms with E-state index in [1.54, 1.807) is 39.8 Å². The van der Waals surface area contributed by atoms with E-state index < -0.39 is 17.6 Å². The van der Waals surface area contributed by atoms with E-state index in [9.17, 15) is 9.59 Å². The predicted octanol–water partition coefficient (Wildman–Crippen LogP) is 3.16. The van der Waals surface area contributed by atoms with Crippen molar-refractivity contribution < 1.29 is 19.1 Å². The normalized spacial score (nSPS) is 12.2. The van der Waals surface area contributed by atoms with Gasteiger partial charge in [-0.2, -0.15) is 0 Å². The molecule has 0 saturated heterocycles. The molecule has 1 atom stereocenters. The van der Waals surface area contributed by atoms with Gasteiger partial charge in [-0.3, -0.25) is 4.79 Å². The first kappa shape index (κ1) is 19.2. The topological polar surface area (TPSA) is 55.8 Å². The van der Waals surface area contributed by atoms with Crippen LogP contribution in [0.2, 0.25) is 0 Å². The van der Waals surface area contributed by atoms with Crippen LogP contribution in [0.3, 0.4) is 0 Å². The summed E-state index contributed by atoms with van der Waals surface area (Å²) in [6.45, 7) is 15.2. The van der Waals surface area contributed by atoms with Crippen molar-refractivity contribution >= 4 is 12.1 Å². The average molecular weight is 297 g/mol. The molecule has 0 aliphatic heterocycles. The Morgan fingerprint density at radius 3 is 2.29 bits per heavy atom. The van der Waals surface area contributed by atoms with Crippen LogP contribution >= 0.6 is 0 Å². The predicted molar refractivity (Wildman–Crippen MR) is 82.9 cm³/mol. The third-order valence-electron chi connectivity index (χ3n) is 2.51. The first-order valence-corrected chi connectivity index (χ1v) is 7.11. The number of rotatable bonds is 8. The molecule has 0 aliphatic carbocycles. The minimum Gasteiger partial charge on any atom is -0.466 e. The standard InChI is InChI=1S/C16H27NO4/c1-7-10-13(14(18)20-9-3)12-17(11-8-2)15(19)21-16(4,5)6/h7-8,13H,1-2,9-12H2,3-6H3/t13-/m1/s1. The van der Waals surface area contributed by atoms with Gasteiger partial charge in [-0.25, -0.2) is 4.79 Å². The largest absolute Gasteiger partial charge is 0.466 e. The third-order valence-corrected chi connectivity index (χ3v) is 2.51. The molecule has 5 nitrogen and oxygen atoms in total. The first-order chi connectivity index (χ1) is 9.75. The van der Waals surface area contributed by atoms with Crippen LogP contribution in [-0.4, -0.2) is 42.3 Å². The van der Waals surface area contributed by atoms with Crippen LogP contribution in [0.1, 0.15) is 34.1 Å². The van der Waals surface area contributed by atoms with Crippen LogP contribution in [0.25, 0.3) is 0 Å². The van der Waals surface area contributed by atoms with E-state index in [-0.39, 0.29) is 12.5 Å². The molecule has 0 aromatic rings. The Morgan fingerprint density at radius 2 is 1.86 bits per heavy atom. The molecule has 21 heavy (non-hydrogen) atoms. The van der Waals surface area contributed by atoms with Crippen molar-refractivity contribution in [2.75, 3.05) is 19.7 Å². The van der Waals surface area contributed by atoms with Gasteiger partial charge in [0, 0.05) is 13.1 Å². The van der Waals surface area contributed by atoms with Crippen LogP contribution in [-0.2, 0) is 14.3 Å². The molecule has 5 heteroatoms. The summed E-state index contributed by atoms with van der Waals surface area (Å²) in [7, 11) is 0. The van der Waals surface area contributed by atoms with E-state index in [4.69, 9.17) is 9.47 Å². The maximum atomic E-state index is 12.1. The average Bonchev–Trinajstić information content (AvgIpc) is 2.35. The highest BCUT2D eigenvalue weighted by molar-refractivity contribution is 5.74. The summed E-state index contributed by atoms with van der Waals surface area (Å²) in [6.07, 6.45) is 3.21. The highest BCUT2D eigenvalue weighted by Gasteiger charge is 2.27. The Bertz CT molecular complexity index is 371. The fourth-order valence-electron chi connectivity index (χ4n) is 1.68. The molecule has 0 aliphatic rings. The van der Waals surface area contributed by atoms with Gasteiger partial charge in [0.1, 0.15) is 5.60 Å². The van der Waals surface area contributed by atoms with Gasteiger partial charge >= 0.3 is 12.1 Å². The second-order valence-corrected chi connectivity index (χ2v) is 5.65. The zero-order valence-electron chi connectivity index (χ0n) is 13.6. The summed E-state index contributed by atoms with van der Waals surface area (Å²) >= 11 is 0. The number of hydrogen-bond donors (Lipinski definition) is 0. The molecular formula is C16H27NO4. The maximum Gasteiger partial charge on any atom is 0.410 e. The van der Waals surface area contributed by atoms with Gasteiger partial charge in [-0.1, -0.05) is 12.2 Å². The van der Waals surface area contributed by atoms with Crippen molar-refractivity contribution in [2.24, 2.45) is 5.92 Å². The Morgan fingerprint density at radius 1 is 1.24 bits per heavy atom. The van der Waals surface area contributed by atoms with Crippen molar-refractivity contribution in [3.05, 3.63) is 25.3 Å². The number of ether oxygens (including phenoxy) is 2. The lowest BCUT2D eigenvalue weighted by atomic mass is 10.1. The second-order valence-electron chi connectivity index (χ2n) is 5.65. The molecule has 0 N–H and O–H groups in total. The van der Waals surface area contributed by atoms with Crippen LogP contribution < -0.4 is 0 Å². The quantitative estimate of drug-likeness (QED) is 0.510. The summed E-state index contributed by atoms with van der Waals surface area (Å²) in [6, 6.07) is 0. The van der Waals surface area contributed by atoms with Gasteiger partial charge in [-0.15, -0.1) is 13.2 Å². The number of hydrogen-bond acceptors (Lipinski definition) is 4. The van der Waals surface area contributed by atoms with E-state index in [0.717, 1.165) is 0 Å². The lowest BCUT2D eigenvalue weighted by Crippen LogP contribution is -2.41. The summed E-state index contributed by atoms with van der Waals surface area (Å²) in [5.74, 6) is -0.787. The first-order valence-electron chi connectivity index (χ1n) is 7.11. The lowest BCUT2D eigenvalue weighted by Gasteiger charge is -2.28. The van der Waals surface area contributed by atoms with E-state index >= 15 is 0 Å². The zero-order valence-corrected chi connectivity index (χ0v) is 13.6. The lowest BCUT2D eigenvalue weighted by molar-refractivity contribution is -0.148. The highest BCUT2D eigenvalue weighted by Crippen LogP contribution is 2.14. The van der Waals surface area contributed by atoms with Gasteiger partial charge in [0.05, 0.1) is 12.5 Å². The van der Waals surface area contributed by atoms with Crippen molar-refractivity contribution in [1.82, 2.24) is 4.90 Å². The minimum atomic E-state index is -0.589. The van der Waals surface area contributed by atoms with Crippen molar-refractivity contribution in [1.29, 1.82) is 0 Å². The molecule has 0 spiro atoms. The van der Waals surface area contributed by atoms with E-state index in [1.165, 1.54) is 4.90 Å². The number of carbonyl (C=O) groups is 2. The molecule has 0 aromatic heterocycles. The Labute approximate surface area is 127 Å². The summed E-state index contributed by atoms with van der Waals surface area (Å²) < 4.78 is 10.4. The monoisotopic (exact) mass is 297 g/mol. The van der Waals surface area contributed by atoms with Crippen LogP contribution in [0.15, 0.2) is 25.3 Å². The van der Waals surface area contributed by atoms with Crippen LogP contribution in [0.5, 0.6) is 0 Å². The fourth-order valence-corrected chi connectivity index (χ4v) is 1.68. The number of allylic oxidation sites excluding steroid dienone is 1. The van der Waals surface area contributed by atoms with E-state index in [2.05, 4.69) is 13.2 Å². The van der Waals surface area contributed by atoms with Crippen molar-refractivity contribution in [3.63, 3.8) is 0 Å². The molecule has 0 radical (unpaired) electrons. The maximum absolute atomic E-state index is 12.1. The SMILES string of the molecule is C=CC[C@H](CN(CC=C)C(=O)OC(C)(C)C)C(=O)OCC. The Kier molecular flexibility index (Phi) is 8.43. The molecule has 1 amide bonds. The van der Waals surface area contributed by atoms with Gasteiger partial charge in [0.2, 0.25) is 0 Å². The zero-order chi connectivity index (χ0) is 16.5. The Hall–Kier alpha value is -1.78. The molecule has 0 aromatic carbocycles. The molecule has 0 unspecified atom stereocenters. The van der Waals surface area contributed by atoms with Gasteiger partial charge in [0.25, 0.3) is 0 Å². The number of amides is 1. The molecule has 120 valence electrons. The smallest absolute Gasteiger partial charge is 0.410 e. The molecular weight excluding hydrogens is 270 g/mol. The molecule has 0 rings (SSSR count). The number of esters is 1. The van der Waals surface area contributed by atoms with Crippen LogP contribution in [0, 0.1) is 5.92 Å². The fraction of sp³-hybridized carbons (Fsp3) is 0.625. The summed E-state index contributed by atoms with van der Waals surface area (Å²) in [5, 5.41) is 0. The van der Waals surface area contributed by atoms with Crippen molar-refractivity contribution in [2.45, 2.75) is 39.7 Å². The molecule has 0 heterocycles. The summed E-state index contributed by atoms with van der Waals surface area (Å²) in [5.41, 5.74) is -0.589. The van der Waals surface area contributed by atoms with E-state index in [0.29, 0.717) is 19.6 Å². The van der Waals surface area contributed by atoms with Crippen LogP contribution in [0.4, 0.5) is 4.79 Å². The number of nitrogens with zero attached hydrogens (tertiary/aromatic N) is 1. The number of carbonyl (C=O) groups excluding carboxylic acids is 2.